The molecule has 1 unspecified atom stereocenters. The first-order valence-corrected chi connectivity index (χ1v) is 10.2. The Bertz CT molecular complexity index is 1040. The number of benzene rings is 2. The Morgan fingerprint density at radius 2 is 1.90 bits per heavy atom. The second kappa shape index (κ2) is 5.99. The van der Waals surface area contributed by atoms with Gasteiger partial charge in [-0.15, -0.1) is 0 Å². The molecule has 29 heavy (non-hydrogen) atoms. The molecule has 1 atom stereocenters. The molecule has 0 fully saturated rings. The van der Waals surface area contributed by atoms with Crippen LogP contribution < -0.4 is 20.1 Å². The largest absolute Gasteiger partial charge is 0.493 e. The van der Waals surface area contributed by atoms with Gasteiger partial charge in [-0.1, -0.05) is 32.0 Å². The van der Waals surface area contributed by atoms with Gasteiger partial charge in [-0.25, -0.2) is 0 Å². The molecule has 2 aromatic carbocycles. The van der Waals surface area contributed by atoms with Gasteiger partial charge in [0.05, 0.1) is 6.61 Å². The molecule has 0 bridgehead atoms. The first kappa shape index (κ1) is 18.0. The molecular weight excluding hydrogens is 368 g/mol. The van der Waals surface area contributed by atoms with E-state index in [1.807, 2.05) is 50.2 Å². The van der Waals surface area contributed by atoms with E-state index in [4.69, 9.17) is 15.2 Å². The maximum Gasteiger partial charge on any atom is 0.246 e. The predicted octanol–water partition coefficient (Wildman–Crippen LogP) is 2.69. The number of rotatable bonds is 4. The smallest absolute Gasteiger partial charge is 0.246 e. The van der Waals surface area contributed by atoms with Crippen LogP contribution >= 0.6 is 0 Å². The van der Waals surface area contributed by atoms with Crippen molar-refractivity contribution in [1.29, 1.82) is 0 Å². The molecule has 5 rings (SSSR count). The number of amides is 2. The van der Waals surface area contributed by atoms with Gasteiger partial charge in [-0.05, 0) is 36.1 Å². The van der Waals surface area contributed by atoms with Crippen LogP contribution in [0.1, 0.15) is 43.4 Å². The Morgan fingerprint density at radius 1 is 1.14 bits per heavy atom. The molecule has 1 spiro atoms. The van der Waals surface area contributed by atoms with Gasteiger partial charge < -0.3 is 15.2 Å². The zero-order valence-corrected chi connectivity index (χ0v) is 16.7. The molecule has 2 N–H and O–H groups in total. The summed E-state index contributed by atoms with van der Waals surface area (Å²) in [6.45, 7) is 4.65. The zero-order chi connectivity index (χ0) is 20.4. The van der Waals surface area contributed by atoms with E-state index in [1.54, 1.807) is 4.90 Å². The third-order valence-electron chi connectivity index (χ3n) is 6.93. The third-order valence-corrected chi connectivity index (χ3v) is 6.93. The number of para-hydroxylation sites is 1. The summed E-state index contributed by atoms with van der Waals surface area (Å²) in [6, 6.07) is 11.6. The van der Waals surface area contributed by atoms with E-state index >= 15 is 0 Å². The van der Waals surface area contributed by atoms with Gasteiger partial charge in [0.25, 0.3) is 0 Å². The first-order chi connectivity index (χ1) is 14.0. The normalized spacial score (nSPS) is 21.6. The monoisotopic (exact) mass is 392 g/mol. The Balaban J connectivity index is 1.76. The van der Waals surface area contributed by atoms with Crippen molar-refractivity contribution in [2.45, 2.75) is 44.1 Å². The highest BCUT2D eigenvalue weighted by Crippen LogP contribution is 2.55. The fourth-order valence-corrected chi connectivity index (χ4v) is 5.22. The number of hydrogen-bond acceptors (Lipinski definition) is 4. The van der Waals surface area contributed by atoms with E-state index in [9.17, 15) is 9.59 Å². The Labute approximate surface area is 169 Å². The Hall–Kier alpha value is -3.02. The molecular formula is C23H24N2O4. The zero-order valence-electron chi connectivity index (χ0n) is 16.7. The lowest BCUT2D eigenvalue weighted by molar-refractivity contribution is -0.130. The number of fused-ring (bicyclic) bond motifs is 5. The minimum absolute atomic E-state index is 0.140. The van der Waals surface area contributed by atoms with Crippen LogP contribution in [0.5, 0.6) is 11.5 Å². The van der Waals surface area contributed by atoms with Gasteiger partial charge in [-0.2, -0.15) is 0 Å². The van der Waals surface area contributed by atoms with Crippen LogP contribution in [0.3, 0.4) is 0 Å². The summed E-state index contributed by atoms with van der Waals surface area (Å²) in [4.78, 5) is 28.4. The number of primary amides is 1. The highest BCUT2D eigenvalue weighted by atomic mass is 16.5. The van der Waals surface area contributed by atoms with Crippen molar-refractivity contribution >= 4 is 17.5 Å². The van der Waals surface area contributed by atoms with E-state index in [1.165, 1.54) is 0 Å². The summed E-state index contributed by atoms with van der Waals surface area (Å²) < 4.78 is 11.7. The van der Waals surface area contributed by atoms with Crippen LogP contribution in [0, 0.1) is 0 Å². The second-order valence-corrected chi connectivity index (χ2v) is 8.01. The van der Waals surface area contributed by atoms with E-state index in [0.29, 0.717) is 25.2 Å². The number of nitrogens with zero attached hydrogens (tertiary/aromatic N) is 1. The van der Waals surface area contributed by atoms with Crippen molar-refractivity contribution < 1.29 is 19.1 Å². The molecule has 0 aromatic heterocycles. The predicted molar refractivity (Wildman–Crippen MR) is 108 cm³/mol. The quantitative estimate of drug-likeness (QED) is 0.867. The fourth-order valence-electron chi connectivity index (χ4n) is 5.22. The summed E-state index contributed by atoms with van der Waals surface area (Å²) in [5, 5.41) is 0. The average Bonchev–Trinajstić information content (AvgIpc) is 3.40. The highest BCUT2D eigenvalue weighted by Gasteiger charge is 2.61. The molecule has 2 amide bonds. The lowest BCUT2D eigenvalue weighted by Crippen LogP contribution is -2.60. The molecule has 3 aliphatic rings. The van der Waals surface area contributed by atoms with Crippen LogP contribution in [0.25, 0.3) is 0 Å². The van der Waals surface area contributed by atoms with Crippen LogP contribution in [0.4, 0.5) is 5.69 Å². The standard InChI is InChI=1S/C23H24N2O4/c1-3-22(4-2,20(24)26)25-17-8-6-5-7-15(17)23(21(25)27)13-29-19-12-18-14(9-10-28-18)11-16(19)23/h5-8,11-12H,3-4,9-10,13H2,1-2H3,(H2,24,26). The molecule has 6 heteroatoms. The molecule has 6 nitrogen and oxygen atoms in total. The third kappa shape index (κ3) is 2.06. The molecule has 2 aromatic rings. The van der Waals surface area contributed by atoms with Gasteiger partial charge in [0.15, 0.2) is 0 Å². The number of carbonyl (C=O) groups is 2. The molecule has 0 radical (unpaired) electrons. The molecule has 3 aliphatic heterocycles. The topological polar surface area (TPSA) is 81.9 Å². The number of ether oxygens (including phenoxy) is 2. The molecule has 0 aliphatic carbocycles. The van der Waals surface area contributed by atoms with Gasteiger partial charge in [0, 0.05) is 23.7 Å². The van der Waals surface area contributed by atoms with Gasteiger partial charge >= 0.3 is 0 Å². The minimum Gasteiger partial charge on any atom is -0.493 e. The van der Waals surface area contributed by atoms with Gasteiger partial charge in [0.2, 0.25) is 11.8 Å². The highest BCUT2D eigenvalue weighted by molar-refractivity contribution is 6.15. The minimum atomic E-state index is -1.07. The molecule has 150 valence electrons. The summed E-state index contributed by atoms with van der Waals surface area (Å²) in [5.41, 5.74) is 7.39. The summed E-state index contributed by atoms with van der Waals surface area (Å²) in [7, 11) is 0. The van der Waals surface area contributed by atoms with Crippen LogP contribution in [0.15, 0.2) is 36.4 Å². The number of carbonyl (C=O) groups excluding carboxylic acids is 2. The van der Waals surface area contributed by atoms with Crippen molar-refractivity contribution in [3.63, 3.8) is 0 Å². The van der Waals surface area contributed by atoms with E-state index in [0.717, 1.165) is 34.5 Å². The van der Waals surface area contributed by atoms with Crippen molar-refractivity contribution in [2.24, 2.45) is 5.73 Å². The van der Waals surface area contributed by atoms with Gasteiger partial charge in [-0.3, -0.25) is 14.5 Å². The van der Waals surface area contributed by atoms with Crippen molar-refractivity contribution in [3.05, 3.63) is 53.1 Å². The van der Waals surface area contributed by atoms with Crippen molar-refractivity contribution in [2.75, 3.05) is 18.1 Å². The Morgan fingerprint density at radius 3 is 2.62 bits per heavy atom. The maximum absolute atomic E-state index is 14.1. The SMILES string of the molecule is CCC(CC)(C(N)=O)N1C(=O)C2(COc3cc4c(cc32)CCO4)c2ccccc21. The molecule has 0 saturated carbocycles. The maximum atomic E-state index is 14.1. The van der Waals surface area contributed by atoms with Gasteiger partial charge in [0.1, 0.15) is 29.1 Å². The van der Waals surface area contributed by atoms with Crippen molar-refractivity contribution in [1.82, 2.24) is 0 Å². The summed E-state index contributed by atoms with van der Waals surface area (Å²) >= 11 is 0. The lowest BCUT2D eigenvalue weighted by atomic mass is 9.76. The van der Waals surface area contributed by atoms with Crippen molar-refractivity contribution in [3.8, 4) is 11.5 Å². The fraction of sp³-hybridized carbons (Fsp3) is 0.391. The number of hydrogen-bond donors (Lipinski definition) is 1. The lowest BCUT2D eigenvalue weighted by Gasteiger charge is -2.39. The number of anilines is 1. The number of nitrogens with two attached hydrogens (primary N) is 1. The van der Waals surface area contributed by atoms with Crippen LogP contribution in [0.2, 0.25) is 0 Å². The average molecular weight is 392 g/mol. The first-order valence-electron chi connectivity index (χ1n) is 10.2. The van der Waals surface area contributed by atoms with Crippen LogP contribution in [-0.2, 0) is 21.4 Å². The Kier molecular flexibility index (Phi) is 3.72. The molecule has 0 saturated heterocycles. The van der Waals surface area contributed by atoms with E-state index < -0.39 is 16.9 Å². The van der Waals surface area contributed by atoms with Crippen LogP contribution in [-0.4, -0.2) is 30.6 Å². The van der Waals surface area contributed by atoms with E-state index in [2.05, 4.69) is 0 Å². The van der Waals surface area contributed by atoms with E-state index in [-0.39, 0.29) is 12.5 Å². The summed E-state index contributed by atoms with van der Waals surface area (Å²) in [5.74, 6) is 0.876. The summed E-state index contributed by atoms with van der Waals surface area (Å²) in [6.07, 6.45) is 1.70. The second-order valence-electron chi connectivity index (χ2n) is 8.01. The molecule has 3 heterocycles.